The van der Waals surface area contributed by atoms with Crippen LogP contribution in [0.4, 0.5) is 5.69 Å². The Balaban J connectivity index is 0.908. The number of hydrogen-bond donors (Lipinski definition) is 4. The number of nitrogens with one attached hydrogen (secondary N) is 2. The van der Waals surface area contributed by atoms with E-state index in [1.807, 2.05) is 30.4 Å². The van der Waals surface area contributed by atoms with E-state index in [0.29, 0.717) is 101 Å². The molecule has 16 heteroatoms. The summed E-state index contributed by atoms with van der Waals surface area (Å²) < 4.78 is 33.4. The van der Waals surface area contributed by atoms with Gasteiger partial charge in [0.15, 0.2) is 0 Å². The minimum atomic E-state index is -0.370. The fraction of sp³-hybridized carbons (Fsp3) is 0.571. The van der Waals surface area contributed by atoms with E-state index >= 15 is 0 Å². The molecule has 2 aromatic carbocycles. The van der Waals surface area contributed by atoms with Crippen molar-refractivity contribution in [2.75, 3.05) is 124 Å². The molecular weight excluding hydrogens is 748 g/mol. The molecule has 3 unspecified atom stereocenters. The van der Waals surface area contributed by atoms with Crippen LogP contribution in [0.5, 0.6) is 0 Å². The second kappa shape index (κ2) is 22.2. The van der Waals surface area contributed by atoms with Crippen LogP contribution in [0.1, 0.15) is 40.0 Å². The van der Waals surface area contributed by atoms with Gasteiger partial charge in [-0.1, -0.05) is 24.6 Å². The van der Waals surface area contributed by atoms with Gasteiger partial charge in [-0.05, 0) is 37.1 Å². The van der Waals surface area contributed by atoms with Gasteiger partial charge in [0.25, 0.3) is 17.7 Å². The van der Waals surface area contributed by atoms with E-state index < -0.39 is 0 Å². The second-order valence-electron chi connectivity index (χ2n) is 14.5. The van der Waals surface area contributed by atoms with Gasteiger partial charge in [-0.2, -0.15) is 0 Å². The molecule has 316 valence electrons. The van der Waals surface area contributed by atoms with Gasteiger partial charge in [-0.15, -0.1) is 0 Å². The second-order valence-corrected chi connectivity index (χ2v) is 14.5. The number of ether oxygens (including phenoxy) is 6. The standard InChI is InChI=1S/C42H58N6O10/c43-11-17-53-23-25-55-19-13-45-35-9-7-33-37-29(35)3-1-5-31(37)39(49)47(41(33)51)15-21-57-27-28-58-22-16-48-40(50)32-6-2-4-30-36(10-8-34(38(30)32)42(48)52)46-14-20-56-26-24-54-18-12-44/h1,3,5,7-10,30,32,38,45-46H,2,4,6,11-28,43-44H2. The minimum Gasteiger partial charge on any atom is -0.386 e. The van der Waals surface area contributed by atoms with Crippen LogP contribution in [0.25, 0.3) is 10.8 Å². The van der Waals surface area contributed by atoms with Crippen LogP contribution < -0.4 is 22.1 Å². The molecule has 2 aliphatic heterocycles. The first-order valence-electron chi connectivity index (χ1n) is 20.5. The lowest BCUT2D eigenvalue weighted by Gasteiger charge is -2.46. The number of imide groups is 2. The highest BCUT2D eigenvalue weighted by Gasteiger charge is 2.50. The number of rotatable bonds is 27. The van der Waals surface area contributed by atoms with Gasteiger partial charge in [0, 0.05) is 82.8 Å². The first-order valence-corrected chi connectivity index (χ1v) is 20.5. The molecule has 0 radical (unpaired) electrons. The fourth-order valence-corrected chi connectivity index (χ4v) is 8.22. The molecule has 0 spiro atoms. The van der Waals surface area contributed by atoms with Gasteiger partial charge in [0.1, 0.15) is 0 Å². The molecule has 2 fully saturated rings. The van der Waals surface area contributed by atoms with Gasteiger partial charge in [-0.3, -0.25) is 29.0 Å². The molecule has 2 aliphatic carbocycles. The number of benzene rings is 2. The molecule has 1 saturated heterocycles. The quantitative estimate of drug-likeness (QED) is 0.0750. The lowest BCUT2D eigenvalue weighted by molar-refractivity contribution is -0.153. The zero-order chi connectivity index (χ0) is 40.7. The summed E-state index contributed by atoms with van der Waals surface area (Å²) in [4.78, 5) is 56.7. The summed E-state index contributed by atoms with van der Waals surface area (Å²) >= 11 is 0. The van der Waals surface area contributed by atoms with Crippen LogP contribution in [0.15, 0.2) is 53.8 Å². The average molecular weight is 807 g/mol. The van der Waals surface area contributed by atoms with Crippen molar-refractivity contribution in [3.8, 4) is 0 Å². The molecule has 0 bridgehead atoms. The van der Waals surface area contributed by atoms with E-state index in [4.69, 9.17) is 39.9 Å². The van der Waals surface area contributed by atoms with E-state index in [-0.39, 0.29) is 80.9 Å². The van der Waals surface area contributed by atoms with Gasteiger partial charge >= 0.3 is 0 Å². The lowest BCUT2D eigenvalue weighted by atomic mass is 9.63. The molecule has 6 N–H and O–H groups in total. The number of nitrogens with zero attached hydrogens (tertiary/aromatic N) is 2. The third-order valence-corrected chi connectivity index (χ3v) is 10.9. The maximum absolute atomic E-state index is 13.6. The van der Waals surface area contributed by atoms with Gasteiger partial charge in [-0.25, -0.2) is 0 Å². The summed E-state index contributed by atoms with van der Waals surface area (Å²) in [5, 5.41) is 8.25. The largest absolute Gasteiger partial charge is 0.386 e. The molecule has 0 aromatic heterocycles. The Morgan fingerprint density at radius 2 is 1.16 bits per heavy atom. The first kappa shape index (κ1) is 43.3. The molecule has 3 atom stereocenters. The van der Waals surface area contributed by atoms with Crippen molar-refractivity contribution in [3.05, 3.63) is 64.9 Å². The van der Waals surface area contributed by atoms with Crippen molar-refractivity contribution in [2.45, 2.75) is 19.3 Å². The van der Waals surface area contributed by atoms with Crippen molar-refractivity contribution in [1.29, 1.82) is 0 Å². The van der Waals surface area contributed by atoms with Crippen LogP contribution in [-0.4, -0.2) is 152 Å². The highest BCUT2D eigenvalue weighted by atomic mass is 16.5. The molecule has 16 nitrogen and oxygen atoms in total. The van der Waals surface area contributed by atoms with Crippen LogP contribution in [0, 0.1) is 17.8 Å². The van der Waals surface area contributed by atoms with Crippen molar-refractivity contribution in [3.63, 3.8) is 0 Å². The Hall–Kier alpha value is -4.26. The van der Waals surface area contributed by atoms with Crippen molar-refractivity contribution < 1.29 is 47.6 Å². The van der Waals surface area contributed by atoms with Gasteiger partial charge in [0.05, 0.1) is 92.4 Å². The summed E-state index contributed by atoms with van der Waals surface area (Å²) in [5.41, 5.74) is 14.3. The number of hydrogen-bond acceptors (Lipinski definition) is 14. The third kappa shape index (κ3) is 10.5. The smallest absolute Gasteiger partial charge is 0.261 e. The monoisotopic (exact) mass is 806 g/mol. The maximum atomic E-state index is 13.6. The molecule has 4 aliphatic rings. The van der Waals surface area contributed by atoms with E-state index in [2.05, 4.69) is 10.6 Å². The van der Waals surface area contributed by atoms with E-state index in [0.717, 1.165) is 36.0 Å². The summed E-state index contributed by atoms with van der Waals surface area (Å²) in [6.45, 7) is 7.06. The highest BCUT2D eigenvalue weighted by Crippen LogP contribution is 2.48. The topological polar surface area (TPSA) is 206 Å². The Labute approximate surface area is 339 Å². The highest BCUT2D eigenvalue weighted by molar-refractivity contribution is 6.26. The first-order chi connectivity index (χ1) is 28.5. The molecule has 2 aromatic rings. The Kier molecular flexibility index (Phi) is 16.6. The number of likely N-dealkylation sites (tertiary alicyclic amines) is 1. The number of amides is 4. The number of anilines is 1. The summed E-state index contributed by atoms with van der Waals surface area (Å²) in [7, 11) is 0. The average Bonchev–Trinajstić information content (AvgIpc) is 3.24. The third-order valence-electron chi connectivity index (χ3n) is 10.9. The molecule has 58 heavy (non-hydrogen) atoms. The lowest BCUT2D eigenvalue weighted by Crippen LogP contribution is -2.55. The predicted molar refractivity (Wildman–Crippen MR) is 216 cm³/mol. The summed E-state index contributed by atoms with van der Waals surface area (Å²) in [6.07, 6.45) is 6.42. The zero-order valence-electron chi connectivity index (χ0n) is 33.3. The summed E-state index contributed by atoms with van der Waals surface area (Å²) in [6, 6.07) is 9.04. The van der Waals surface area contributed by atoms with Gasteiger partial charge in [0.2, 0.25) is 5.91 Å². The van der Waals surface area contributed by atoms with E-state index in [1.54, 1.807) is 12.1 Å². The van der Waals surface area contributed by atoms with Crippen LogP contribution >= 0.6 is 0 Å². The van der Waals surface area contributed by atoms with Crippen molar-refractivity contribution >= 4 is 40.1 Å². The van der Waals surface area contributed by atoms with Crippen LogP contribution in [0.3, 0.4) is 0 Å². The molecule has 2 heterocycles. The molecular formula is C42H58N6O10. The molecule has 6 rings (SSSR count). The minimum absolute atomic E-state index is 0.0831. The van der Waals surface area contributed by atoms with Crippen LogP contribution in [0.2, 0.25) is 0 Å². The Morgan fingerprint density at radius 1 is 0.586 bits per heavy atom. The predicted octanol–water partition coefficient (Wildman–Crippen LogP) is 1.68. The maximum Gasteiger partial charge on any atom is 0.261 e. The summed E-state index contributed by atoms with van der Waals surface area (Å²) in [5.74, 6) is -1.39. The zero-order valence-corrected chi connectivity index (χ0v) is 33.3. The normalized spacial score (nSPS) is 20.1. The number of nitrogens with two attached hydrogens (primary N) is 2. The van der Waals surface area contributed by atoms with Crippen molar-refractivity contribution in [1.82, 2.24) is 15.1 Å². The Morgan fingerprint density at radius 3 is 1.81 bits per heavy atom. The number of piperidine rings is 1. The van der Waals surface area contributed by atoms with Gasteiger partial charge < -0.3 is 50.5 Å². The molecule has 1 saturated carbocycles. The van der Waals surface area contributed by atoms with E-state index in [1.165, 1.54) is 9.80 Å². The number of carbonyl (C=O) groups excluding carboxylic acids is 4. The number of allylic oxidation sites excluding steroid dienone is 3. The van der Waals surface area contributed by atoms with Crippen LogP contribution in [-0.2, 0) is 38.0 Å². The number of carbonyl (C=O) groups is 4. The SMILES string of the molecule is NCCOCCOCCNC1=CC=C2C(=O)N(CCOCCOCCN3C(=O)c4cccc5c(NCCOCCOCCN)ccc(c45)C3=O)C(=O)C3CCCC1C23. The fourth-order valence-electron chi connectivity index (χ4n) is 8.22. The Bertz CT molecular complexity index is 1780. The van der Waals surface area contributed by atoms with E-state index in [9.17, 15) is 19.2 Å². The molecule has 4 amide bonds. The van der Waals surface area contributed by atoms with Crippen molar-refractivity contribution in [2.24, 2.45) is 29.2 Å².